The van der Waals surface area contributed by atoms with Gasteiger partial charge >= 0.3 is 10.8 Å². The number of carbonyl (C=O) groups is 2. The van der Waals surface area contributed by atoms with Gasteiger partial charge < -0.3 is 15.0 Å². The minimum atomic E-state index is -0.860. The molecule has 0 saturated carbocycles. The number of nitrogens with zero attached hydrogens (tertiary/aromatic N) is 1. The lowest BCUT2D eigenvalue weighted by molar-refractivity contribution is -0.137. The molecular weight excluding hydrogens is 268 g/mol. The van der Waals surface area contributed by atoms with Gasteiger partial charge in [0.05, 0.1) is 0 Å². The molecule has 7 heteroatoms. The summed E-state index contributed by atoms with van der Waals surface area (Å²) in [5, 5.41) is 12.9. The third-order valence-electron chi connectivity index (χ3n) is 2.65. The summed E-state index contributed by atoms with van der Waals surface area (Å²) in [6.07, 6.45) is 1.44. The first-order valence-corrected chi connectivity index (χ1v) is 7.02. The molecule has 1 aromatic heterocycles. The number of aryl methyl sites for hydroxylation is 1. The Kier molecular flexibility index (Phi) is 6.27. The minimum absolute atomic E-state index is 0.000587. The Morgan fingerprint density at radius 1 is 1.37 bits per heavy atom. The van der Waals surface area contributed by atoms with Crippen LogP contribution in [0.4, 0.5) is 0 Å². The molecule has 1 heterocycles. The Balaban J connectivity index is 2.17. The zero-order chi connectivity index (χ0) is 14.3. The maximum atomic E-state index is 11.4. The number of aliphatic carboxylic acids is 1. The van der Waals surface area contributed by atoms with Gasteiger partial charge in [0, 0.05) is 37.0 Å². The molecule has 0 aromatic carbocycles. The molecule has 106 valence electrons. The van der Waals surface area contributed by atoms with E-state index in [1.54, 1.807) is 9.95 Å². The summed E-state index contributed by atoms with van der Waals surface area (Å²) in [6, 6.07) is 0. The third-order valence-corrected chi connectivity index (χ3v) is 3.53. The van der Waals surface area contributed by atoms with Crippen LogP contribution in [0.3, 0.4) is 0 Å². The predicted octanol–water partition coefficient (Wildman–Crippen LogP) is 0.979. The van der Waals surface area contributed by atoms with E-state index >= 15 is 0 Å². The molecule has 0 atom stereocenters. The molecule has 19 heavy (non-hydrogen) atoms. The number of hydrogen-bond donors (Lipinski definition) is 2. The molecule has 0 aliphatic heterocycles. The smallest absolute Gasteiger partial charge is 0.307 e. The van der Waals surface area contributed by atoms with Crippen molar-refractivity contribution in [1.82, 2.24) is 9.88 Å². The number of hydrogen-bond acceptors (Lipinski definition) is 4. The van der Waals surface area contributed by atoms with E-state index in [2.05, 4.69) is 5.32 Å². The van der Waals surface area contributed by atoms with Crippen molar-refractivity contribution in [2.75, 3.05) is 6.54 Å². The van der Waals surface area contributed by atoms with Crippen molar-refractivity contribution in [3.8, 4) is 0 Å². The lowest BCUT2D eigenvalue weighted by atomic mass is 10.2. The average molecular weight is 286 g/mol. The van der Waals surface area contributed by atoms with E-state index in [9.17, 15) is 14.4 Å². The van der Waals surface area contributed by atoms with Gasteiger partial charge in [0.2, 0.25) is 5.91 Å². The van der Waals surface area contributed by atoms with Crippen LogP contribution in [0, 0.1) is 6.92 Å². The van der Waals surface area contributed by atoms with Gasteiger partial charge in [0.15, 0.2) is 0 Å². The first-order valence-electron chi connectivity index (χ1n) is 6.14. The first-order chi connectivity index (χ1) is 9.00. The largest absolute Gasteiger partial charge is 0.481 e. The molecule has 1 amide bonds. The van der Waals surface area contributed by atoms with Crippen molar-refractivity contribution in [3.05, 3.63) is 20.7 Å². The number of thiazole rings is 1. The molecule has 0 saturated heterocycles. The molecule has 2 N–H and O–H groups in total. The highest BCUT2D eigenvalue weighted by molar-refractivity contribution is 7.07. The third kappa shape index (κ3) is 5.69. The second-order valence-electron chi connectivity index (χ2n) is 4.25. The number of aromatic nitrogens is 1. The van der Waals surface area contributed by atoms with Crippen molar-refractivity contribution in [3.63, 3.8) is 0 Å². The van der Waals surface area contributed by atoms with E-state index in [1.165, 1.54) is 0 Å². The quantitative estimate of drug-likeness (QED) is 0.697. The van der Waals surface area contributed by atoms with Gasteiger partial charge in [-0.15, -0.1) is 0 Å². The fraction of sp³-hybridized carbons (Fsp3) is 0.583. The van der Waals surface area contributed by atoms with Crippen LogP contribution < -0.4 is 10.2 Å². The molecule has 0 spiro atoms. The Hall–Kier alpha value is -1.63. The first kappa shape index (κ1) is 15.4. The van der Waals surface area contributed by atoms with Crippen LogP contribution in [-0.4, -0.2) is 28.1 Å². The Morgan fingerprint density at radius 2 is 2.11 bits per heavy atom. The van der Waals surface area contributed by atoms with Crippen LogP contribution in [0.25, 0.3) is 0 Å². The molecule has 0 fully saturated rings. The van der Waals surface area contributed by atoms with E-state index in [4.69, 9.17) is 5.11 Å². The monoisotopic (exact) mass is 286 g/mol. The molecule has 0 bridgehead atoms. The lowest BCUT2D eigenvalue weighted by Crippen LogP contribution is -2.25. The van der Waals surface area contributed by atoms with Crippen LogP contribution in [0.1, 0.15) is 31.4 Å². The second kappa shape index (κ2) is 7.73. The summed E-state index contributed by atoms with van der Waals surface area (Å²) in [4.78, 5) is 33.1. The van der Waals surface area contributed by atoms with Crippen LogP contribution >= 0.6 is 11.3 Å². The Bertz CT molecular complexity index is 492. The summed E-state index contributed by atoms with van der Waals surface area (Å²) in [6.45, 7) is 2.78. The van der Waals surface area contributed by atoms with Crippen LogP contribution in [-0.2, 0) is 16.1 Å². The highest BCUT2D eigenvalue weighted by Gasteiger charge is 2.05. The SMILES string of the molecule is Cc1csc(=O)n1CCCC(=O)NCCCC(=O)O. The summed E-state index contributed by atoms with van der Waals surface area (Å²) < 4.78 is 1.66. The summed E-state index contributed by atoms with van der Waals surface area (Å²) in [5.41, 5.74) is 0.914. The number of carbonyl (C=O) groups excluding carboxylic acids is 1. The standard InChI is InChI=1S/C12H18N2O4S/c1-9-8-19-12(18)14(9)7-3-4-10(15)13-6-2-5-11(16)17/h8H,2-7H2,1H3,(H,13,15)(H,16,17). The molecule has 6 nitrogen and oxygen atoms in total. The molecular formula is C12H18N2O4S. The van der Waals surface area contributed by atoms with Crippen molar-refractivity contribution >= 4 is 23.2 Å². The van der Waals surface area contributed by atoms with Gasteiger partial charge in [-0.3, -0.25) is 14.4 Å². The average Bonchev–Trinajstić information content (AvgIpc) is 2.66. The summed E-state index contributed by atoms with van der Waals surface area (Å²) in [5.74, 6) is -0.965. The van der Waals surface area contributed by atoms with Crippen molar-refractivity contribution in [2.45, 2.75) is 39.2 Å². The van der Waals surface area contributed by atoms with E-state index in [1.807, 2.05) is 6.92 Å². The molecule has 0 aliphatic rings. The summed E-state index contributed by atoms with van der Waals surface area (Å²) >= 11 is 1.16. The van der Waals surface area contributed by atoms with E-state index < -0.39 is 5.97 Å². The highest BCUT2D eigenvalue weighted by Crippen LogP contribution is 2.02. The van der Waals surface area contributed by atoms with Gasteiger partial charge in [0.25, 0.3) is 0 Å². The van der Waals surface area contributed by atoms with Crippen molar-refractivity contribution in [2.24, 2.45) is 0 Å². The minimum Gasteiger partial charge on any atom is -0.481 e. The van der Waals surface area contributed by atoms with Gasteiger partial charge in [-0.05, 0) is 19.8 Å². The Labute approximate surface area is 115 Å². The summed E-state index contributed by atoms with van der Waals surface area (Å²) in [7, 11) is 0. The van der Waals surface area contributed by atoms with Gasteiger partial charge in [-0.2, -0.15) is 0 Å². The van der Waals surface area contributed by atoms with E-state index in [0.29, 0.717) is 32.4 Å². The van der Waals surface area contributed by atoms with Gasteiger partial charge in [0.1, 0.15) is 0 Å². The van der Waals surface area contributed by atoms with Crippen molar-refractivity contribution < 1.29 is 14.7 Å². The molecule has 0 radical (unpaired) electrons. The number of carboxylic acids is 1. The molecule has 1 rings (SSSR count). The van der Waals surface area contributed by atoms with Crippen molar-refractivity contribution in [1.29, 1.82) is 0 Å². The maximum absolute atomic E-state index is 11.4. The van der Waals surface area contributed by atoms with E-state index in [0.717, 1.165) is 17.0 Å². The topological polar surface area (TPSA) is 88.4 Å². The molecule has 0 unspecified atom stereocenters. The normalized spacial score (nSPS) is 10.4. The number of rotatable bonds is 8. The Morgan fingerprint density at radius 3 is 2.68 bits per heavy atom. The maximum Gasteiger partial charge on any atom is 0.307 e. The van der Waals surface area contributed by atoms with Crippen LogP contribution in [0.5, 0.6) is 0 Å². The molecule has 1 aromatic rings. The number of amides is 1. The molecule has 0 aliphatic carbocycles. The fourth-order valence-corrected chi connectivity index (χ4v) is 2.39. The fourth-order valence-electron chi connectivity index (χ4n) is 1.63. The van der Waals surface area contributed by atoms with Crippen LogP contribution in [0.2, 0.25) is 0 Å². The zero-order valence-corrected chi connectivity index (χ0v) is 11.7. The van der Waals surface area contributed by atoms with E-state index in [-0.39, 0.29) is 17.2 Å². The van der Waals surface area contributed by atoms with Crippen LogP contribution in [0.15, 0.2) is 10.2 Å². The van der Waals surface area contributed by atoms with Gasteiger partial charge in [-0.25, -0.2) is 0 Å². The number of carboxylic acid groups (broad SMARTS) is 1. The lowest BCUT2D eigenvalue weighted by Gasteiger charge is -2.05. The highest BCUT2D eigenvalue weighted by atomic mass is 32.1. The zero-order valence-electron chi connectivity index (χ0n) is 10.8. The predicted molar refractivity (Wildman–Crippen MR) is 72.4 cm³/mol. The number of nitrogens with one attached hydrogen (secondary N) is 1. The van der Waals surface area contributed by atoms with Gasteiger partial charge in [-0.1, -0.05) is 11.3 Å². The second-order valence-corrected chi connectivity index (χ2v) is 5.07.